The molecule has 0 saturated carbocycles. The number of epoxide rings is 1. The lowest BCUT2D eigenvalue weighted by molar-refractivity contribution is -0.348. The van der Waals surface area contributed by atoms with Gasteiger partial charge in [-0.2, -0.15) is 30.7 Å². The highest BCUT2D eigenvalue weighted by molar-refractivity contribution is 5.05. The van der Waals surface area contributed by atoms with Crippen LogP contribution in [0.3, 0.4) is 0 Å². The molecule has 0 aliphatic carbocycles. The Kier molecular flexibility index (Phi) is 3.14. The highest BCUT2D eigenvalue weighted by atomic mass is 19.4. The Morgan fingerprint density at radius 1 is 1.00 bits per heavy atom. The van der Waals surface area contributed by atoms with Gasteiger partial charge in [0.25, 0.3) is 5.67 Å². The Hall–Kier alpha value is -0.600. The van der Waals surface area contributed by atoms with Crippen LogP contribution in [-0.4, -0.2) is 36.4 Å². The van der Waals surface area contributed by atoms with Gasteiger partial charge in [-0.25, -0.2) is 4.39 Å². The molecule has 0 amide bonds. The maximum absolute atomic E-state index is 13.0. The maximum atomic E-state index is 13.0. The second kappa shape index (κ2) is 3.69. The first-order valence-electron chi connectivity index (χ1n) is 4.46. The second-order valence-corrected chi connectivity index (χ2v) is 3.94. The van der Waals surface area contributed by atoms with Gasteiger partial charge in [0.05, 0.1) is 12.7 Å². The molecule has 1 nitrogen and oxygen atoms in total. The summed E-state index contributed by atoms with van der Waals surface area (Å²) >= 11 is 0. The van der Waals surface area contributed by atoms with E-state index < -0.39 is 43.1 Å². The Bertz CT molecular complexity index is 290. The van der Waals surface area contributed by atoms with Crippen molar-refractivity contribution in [2.45, 2.75) is 43.1 Å². The summed E-state index contributed by atoms with van der Waals surface area (Å²) in [5.74, 6) is -11.0. The fourth-order valence-corrected chi connectivity index (χ4v) is 1.12. The number of rotatable bonds is 4. The van der Waals surface area contributed by atoms with Crippen molar-refractivity contribution in [2.75, 3.05) is 6.61 Å². The molecule has 0 aromatic heterocycles. The number of hydrogen-bond acceptors (Lipinski definition) is 1. The Labute approximate surface area is 90.7 Å². The van der Waals surface area contributed by atoms with Crippen molar-refractivity contribution < 1.29 is 39.9 Å². The van der Waals surface area contributed by atoms with Crippen LogP contribution in [0.5, 0.6) is 0 Å². The van der Waals surface area contributed by atoms with Crippen LogP contribution in [0.25, 0.3) is 0 Å². The lowest BCUT2D eigenvalue weighted by Gasteiger charge is -2.36. The van der Waals surface area contributed by atoms with Crippen molar-refractivity contribution in [3.05, 3.63) is 0 Å². The van der Waals surface area contributed by atoms with Gasteiger partial charge in [-0.05, 0) is 6.92 Å². The molecule has 2 atom stereocenters. The van der Waals surface area contributed by atoms with E-state index in [1.165, 1.54) is 0 Å². The first-order chi connectivity index (χ1) is 7.33. The molecule has 9 heteroatoms. The van der Waals surface area contributed by atoms with Crippen LogP contribution in [0.1, 0.15) is 13.3 Å². The summed E-state index contributed by atoms with van der Waals surface area (Å²) in [5, 5.41) is 0. The van der Waals surface area contributed by atoms with Crippen LogP contribution in [0.2, 0.25) is 0 Å². The van der Waals surface area contributed by atoms with E-state index in [-0.39, 0.29) is 6.61 Å². The molecule has 0 radical (unpaired) electrons. The third kappa shape index (κ3) is 2.34. The number of ether oxygens (including phenoxy) is 1. The maximum Gasteiger partial charge on any atom is 0.428 e. The minimum absolute atomic E-state index is 0.249. The van der Waals surface area contributed by atoms with Gasteiger partial charge in [-0.3, -0.25) is 0 Å². The molecular weight excluding hydrogens is 264 g/mol. The highest BCUT2D eigenvalue weighted by Gasteiger charge is 2.77. The predicted molar refractivity (Wildman–Crippen MR) is 39.8 cm³/mol. The van der Waals surface area contributed by atoms with Crippen LogP contribution in [0.4, 0.5) is 35.1 Å². The second-order valence-electron chi connectivity index (χ2n) is 3.94. The molecule has 1 aliphatic rings. The number of alkyl halides is 8. The van der Waals surface area contributed by atoms with Crippen LogP contribution < -0.4 is 0 Å². The first-order valence-corrected chi connectivity index (χ1v) is 4.46. The van der Waals surface area contributed by atoms with Gasteiger partial charge >= 0.3 is 18.0 Å². The fraction of sp³-hybridized carbons (Fsp3) is 1.00. The van der Waals surface area contributed by atoms with E-state index in [0.29, 0.717) is 0 Å². The number of hydrogen-bond donors (Lipinski definition) is 0. The van der Waals surface area contributed by atoms with Crippen LogP contribution in [-0.2, 0) is 4.74 Å². The molecule has 1 aliphatic heterocycles. The van der Waals surface area contributed by atoms with Gasteiger partial charge in [0.15, 0.2) is 0 Å². The molecule has 2 unspecified atom stereocenters. The lowest BCUT2D eigenvalue weighted by atomic mass is 9.91. The summed E-state index contributed by atoms with van der Waals surface area (Å²) in [4.78, 5) is 0. The molecule has 102 valence electrons. The minimum atomic E-state index is -6.09. The van der Waals surface area contributed by atoms with Crippen molar-refractivity contribution in [3.63, 3.8) is 0 Å². The normalized spacial score (nSPS) is 25.6. The monoisotopic (exact) mass is 272 g/mol. The van der Waals surface area contributed by atoms with Crippen LogP contribution in [0.15, 0.2) is 0 Å². The summed E-state index contributed by atoms with van der Waals surface area (Å²) in [6.07, 6.45) is -8.99. The third-order valence-corrected chi connectivity index (χ3v) is 2.47. The van der Waals surface area contributed by atoms with Crippen LogP contribution >= 0.6 is 0 Å². The summed E-state index contributed by atoms with van der Waals surface area (Å²) in [6, 6.07) is 0. The average Bonchev–Trinajstić information content (AvgIpc) is 2.84. The fourth-order valence-electron chi connectivity index (χ4n) is 1.12. The van der Waals surface area contributed by atoms with E-state index in [1.54, 1.807) is 0 Å². The van der Waals surface area contributed by atoms with E-state index in [1.807, 2.05) is 0 Å². The molecule has 1 heterocycles. The predicted octanol–water partition coefficient (Wildman–Crippen LogP) is 3.34. The molecule has 1 fully saturated rings. The Balaban J connectivity index is 2.98. The summed E-state index contributed by atoms with van der Waals surface area (Å²) < 4.78 is 105. The van der Waals surface area contributed by atoms with Gasteiger partial charge < -0.3 is 4.74 Å². The van der Waals surface area contributed by atoms with Gasteiger partial charge in [0, 0.05) is 6.42 Å². The quantitative estimate of drug-likeness (QED) is 0.565. The zero-order valence-corrected chi connectivity index (χ0v) is 8.42. The van der Waals surface area contributed by atoms with Crippen molar-refractivity contribution in [1.29, 1.82) is 0 Å². The molecule has 0 N–H and O–H groups in total. The Morgan fingerprint density at radius 2 is 1.41 bits per heavy atom. The molecule has 0 spiro atoms. The lowest BCUT2D eigenvalue weighted by Crippen LogP contribution is -2.61. The van der Waals surface area contributed by atoms with Crippen molar-refractivity contribution in [3.8, 4) is 0 Å². The smallest absolute Gasteiger partial charge is 0.373 e. The molecule has 0 aromatic carbocycles. The highest BCUT2D eigenvalue weighted by Crippen LogP contribution is 2.53. The largest absolute Gasteiger partial charge is 0.428 e. The first kappa shape index (κ1) is 14.5. The SMILES string of the molecule is CC(F)(C(F)(F)F)C(F)(F)C(F)(F)CC1CO1. The summed E-state index contributed by atoms with van der Waals surface area (Å²) in [5.41, 5.74) is -5.31. The molecular formula is C8H8F8O. The van der Waals surface area contributed by atoms with Crippen LogP contribution in [0, 0.1) is 0 Å². The van der Waals surface area contributed by atoms with Crippen molar-refractivity contribution >= 4 is 0 Å². The minimum Gasteiger partial charge on any atom is -0.373 e. The summed E-state index contributed by atoms with van der Waals surface area (Å²) in [6.45, 7) is -0.852. The standard InChI is InChI=1S/C8H8F8O/c1-5(9,8(14,15)16)7(12,13)6(10,11)2-4-3-17-4/h4H,2-3H2,1H3. The van der Waals surface area contributed by atoms with E-state index in [2.05, 4.69) is 4.74 Å². The molecule has 0 bridgehead atoms. The topological polar surface area (TPSA) is 12.5 Å². The van der Waals surface area contributed by atoms with Crippen molar-refractivity contribution in [1.82, 2.24) is 0 Å². The summed E-state index contributed by atoms with van der Waals surface area (Å²) in [7, 11) is 0. The van der Waals surface area contributed by atoms with E-state index in [9.17, 15) is 35.1 Å². The average molecular weight is 272 g/mol. The molecule has 17 heavy (non-hydrogen) atoms. The molecule has 0 aromatic rings. The van der Waals surface area contributed by atoms with Gasteiger partial charge in [-0.15, -0.1) is 0 Å². The zero-order valence-electron chi connectivity index (χ0n) is 8.42. The third-order valence-electron chi connectivity index (χ3n) is 2.47. The van der Waals surface area contributed by atoms with E-state index in [4.69, 9.17) is 0 Å². The zero-order chi connectivity index (χ0) is 13.7. The van der Waals surface area contributed by atoms with E-state index >= 15 is 0 Å². The molecule has 1 rings (SSSR count). The van der Waals surface area contributed by atoms with E-state index in [0.717, 1.165) is 0 Å². The van der Waals surface area contributed by atoms with Gasteiger partial charge in [-0.1, -0.05) is 0 Å². The number of halogens is 8. The molecule has 1 saturated heterocycles. The van der Waals surface area contributed by atoms with Gasteiger partial charge in [0.2, 0.25) is 0 Å². The Morgan fingerprint density at radius 3 is 1.71 bits per heavy atom. The van der Waals surface area contributed by atoms with Crippen molar-refractivity contribution in [2.24, 2.45) is 0 Å². The van der Waals surface area contributed by atoms with Gasteiger partial charge in [0.1, 0.15) is 0 Å².